The number of nitro benzene ring substituents is 1. The Kier molecular flexibility index (Phi) is 5.62. The van der Waals surface area contributed by atoms with E-state index in [4.69, 9.17) is 4.74 Å². The second-order valence-electron chi connectivity index (χ2n) is 4.78. The average molecular weight is 348 g/mol. The molecule has 0 aromatic heterocycles. The first kappa shape index (κ1) is 17.9. The van der Waals surface area contributed by atoms with Crippen LogP contribution in [-0.2, 0) is 9.53 Å². The van der Waals surface area contributed by atoms with Crippen LogP contribution in [0.1, 0.15) is 10.4 Å². The summed E-state index contributed by atoms with van der Waals surface area (Å²) in [7, 11) is 1.23. The van der Waals surface area contributed by atoms with Crippen molar-refractivity contribution in [1.82, 2.24) is 0 Å². The van der Waals surface area contributed by atoms with Gasteiger partial charge in [0.1, 0.15) is 11.6 Å². The van der Waals surface area contributed by atoms with Crippen LogP contribution in [-0.4, -0.2) is 30.5 Å². The maximum Gasteiger partial charge on any atom is 0.337 e. The Morgan fingerprint density at radius 1 is 1.24 bits per heavy atom. The van der Waals surface area contributed by atoms with Crippen molar-refractivity contribution in [3.63, 3.8) is 0 Å². The summed E-state index contributed by atoms with van der Waals surface area (Å²) in [6.07, 6.45) is 0. The Morgan fingerprint density at radius 2 is 2.00 bits per heavy atom. The Hall–Kier alpha value is -3.49. The van der Waals surface area contributed by atoms with Gasteiger partial charge in [-0.15, -0.1) is 0 Å². The summed E-state index contributed by atoms with van der Waals surface area (Å²) < 4.78 is 23.4. The lowest BCUT2D eigenvalue weighted by atomic mass is 10.2. The lowest BCUT2D eigenvalue weighted by Gasteiger charge is -2.09. The fourth-order valence-corrected chi connectivity index (χ4v) is 1.89. The first-order valence-electron chi connectivity index (χ1n) is 6.95. The third kappa shape index (κ3) is 4.74. The summed E-state index contributed by atoms with van der Waals surface area (Å²) in [4.78, 5) is 33.2. The van der Waals surface area contributed by atoms with Gasteiger partial charge in [0.25, 0.3) is 11.6 Å². The first-order valence-corrected chi connectivity index (χ1v) is 6.95. The van der Waals surface area contributed by atoms with E-state index in [1.807, 2.05) is 0 Å². The van der Waals surface area contributed by atoms with Crippen LogP contribution < -0.4 is 10.1 Å². The second-order valence-corrected chi connectivity index (χ2v) is 4.78. The largest absolute Gasteiger partial charge is 0.484 e. The predicted molar refractivity (Wildman–Crippen MR) is 85.0 cm³/mol. The molecule has 0 atom stereocenters. The fourth-order valence-electron chi connectivity index (χ4n) is 1.89. The number of nitrogens with one attached hydrogen (secondary N) is 1. The number of carbonyl (C=O) groups excluding carboxylic acids is 2. The van der Waals surface area contributed by atoms with E-state index >= 15 is 0 Å². The van der Waals surface area contributed by atoms with Gasteiger partial charge in [0.05, 0.1) is 23.3 Å². The van der Waals surface area contributed by atoms with Crippen LogP contribution in [0.4, 0.5) is 15.8 Å². The molecule has 0 heterocycles. The molecule has 0 saturated heterocycles. The second kappa shape index (κ2) is 7.86. The lowest BCUT2D eigenvalue weighted by Crippen LogP contribution is -2.21. The highest BCUT2D eigenvalue weighted by Crippen LogP contribution is 2.21. The van der Waals surface area contributed by atoms with Crippen molar-refractivity contribution in [1.29, 1.82) is 0 Å². The predicted octanol–water partition coefficient (Wildman–Crippen LogP) is 2.54. The number of ether oxygens (including phenoxy) is 2. The van der Waals surface area contributed by atoms with Gasteiger partial charge in [-0.3, -0.25) is 14.9 Å². The molecule has 0 spiro atoms. The molecular formula is C16H13FN2O6. The van der Waals surface area contributed by atoms with E-state index in [1.54, 1.807) is 6.07 Å². The standard InChI is InChI=1S/C16H13FN2O6/c1-24-16(21)10-3-2-4-12(7-10)25-9-15(20)18-14-8-11(19(22)23)5-6-13(14)17/h2-8H,9H2,1H3,(H,18,20). The molecule has 0 unspecified atom stereocenters. The summed E-state index contributed by atoms with van der Waals surface area (Å²) >= 11 is 0. The van der Waals surface area contributed by atoms with Crippen molar-refractivity contribution in [3.05, 3.63) is 64.0 Å². The molecule has 0 aliphatic carbocycles. The van der Waals surface area contributed by atoms with Crippen LogP contribution in [0.3, 0.4) is 0 Å². The third-order valence-corrected chi connectivity index (χ3v) is 3.06. The Labute approximate surface area is 141 Å². The van der Waals surface area contributed by atoms with Crippen LogP contribution in [0.5, 0.6) is 5.75 Å². The van der Waals surface area contributed by atoms with Gasteiger partial charge >= 0.3 is 5.97 Å². The Bertz CT molecular complexity index is 824. The number of halogens is 1. The molecule has 0 radical (unpaired) electrons. The highest BCUT2D eigenvalue weighted by Gasteiger charge is 2.14. The molecule has 1 amide bonds. The fraction of sp³-hybridized carbons (Fsp3) is 0.125. The molecule has 9 heteroatoms. The molecule has 1 N–H and O–H groups in total. The molecule has 2 aromatic carbocycles. The molecule has 2 aromatic rings. The third-order valence-electron chi connectivity index (χ3n) is 3.06. The van der Waals surface area contributed by atoms with Crippen LogP contribution in [0.25, 0.3) is 0 Å². The Balaban J connectivity index is 2.01. The Morgan fingerprint density at radius 3 is 2.68 bits per heavy atom. The summed E-state index contributed by atoms with van der Waals surface area (Å²) in [5.41, 5.74) is -0.445. The number of benzene rings is 2. The topological polar surface area (TPSA) is 108 Å². The number of rotatable bonds is 6. The van der Waals surface area contributed by atoms with E-state index in [2.05, 4.69) is 10.1 Å². The van der Waals surface area contributed by atoms with Gasteiger partial charge in [0.15, 0.2) is 6.61 Å². The van der Waals surface area contributed by atoms with Gasteiger partial charge in [-0.05, 0) is 24.3 Å². The van der Waals surface area contributed by atoms with Crippen molar-refractivity contribution < 1.29 is 28.4 Å². The van der Waals surface area contributed by atoms with Crippen molar-refractivity contribution in [2.75, 3.05) is 19.0 Å². The van der Waals surface area contributed by atoms with E-state index in [0.29, 0.717) is 0 Å². The van der Waals surface area contributed by atoms with Crippen molar-refractivity contribution in [2.24, 2.45) is 0 Å². The number of carbonyl (C=O) groups is 2. The van der Waals surface area contributed by atoms with Gasteiger partial charge in [0, 0.05) is 12.1 Å². The molecule has 0 fully saturated rings. The molecule has 0 saturated carbocycles. The number of esters is 1. The molecule has 2 rings (SSSR count). The average Bonchev–Trinajstić information content (AvgIpc) is 2.61. The van der Waals surface area contributed by atoms with E-state index in [9.17, 15) is 24.1 Å². The maximum atomic E-state index is 13.6. The summed E-state index contributed by atoms with van der Waals surface area (Å²) in [6.45, 7) is -0.479. The van der Waals surface area contributed by atoms with Crippen LogP contribution in [0.15, 0.2) is 42.5 Å². The molecule has 0 bridgehead atoms. The minimum atomic E-state index is -0.813. The van der Waals surface area contributed by atoms with E-state index in [0.717, 1.165) is 18.2 Å². The van der Waals surface area contributed by atoms with Gasteiger partial charge in [-0.2, -0.15) is 0 Å². The summed E-state index contributed by atoms with van der Waals surface area (Å²) in [6, 6.07) is 8.73. The molecule has 0 aliphatic rings. The number of anilines is 1. The molecule has 25 heavy (non-hydrogen) atoms. The number of non-ortho nitro benzene ring substituents is 1. The van der Waals surface area contributed by atoms with Gasteiger partial charge < -0.3 is 14.8 Å². The number of nitrogens with zero attached hydrogens (tertiary/aromatic N) is 1. The lowest BCUT2D eigenvalue weighted by molar-refractivity contribution is -0.384. The van der Waals surface area contributed by atoms with Crippen molar-refractivity contribution in [2.45, 2.75) is 0 Å². The number of hydrogen-bond donors (Lipinski definition) is 1. The zero-order chi connectivity index (χ0) is 18.4. The SMILES string of the molecule is COC(=O)c1cccc(OCC(=O)Nc2cc([N+](=O)[O-])ccc2F)c1. The molecule has 130 valence electrons. The van der Waals surface area contributed by atoms with Crippen LogP contribution in [0.2, 0.25) is 0 Å². The monoisotopic (exact) mass is 348 g/mol. The molecule has 0 aliphatic heterocycles. The van der Waals surface area contributed by atoms with E-state index in [1.165, 1.54) is 25.3 Å². The smallest absolute Gasteiger partial charge is 0.337 e. The number of methoxy groups -OCH3 is 1. The number of nitro groups is 1. The molecular weight excluding hydrogens is 335 g/mol. The van der Waals surface area contributed by atoms with Crippen molar-refractivity contribution in [3.8, 4) is 5.75 Å². The quantitative estimate of drug-likeness (QED) is 0.488. The minimum absolute atomic E-state index is 0.234. The van der Waals surface area contributed by atoms with Crippen LogP contribution >= 0.6 is 0 Å². The van der Waals surface area contributed by atoms with Crippen LogP contribution in [0, 0.1) is 15.9 Å². The van der Waals surface area contributed by atoms with Crippen molar-refractivity contribution >= 4 is 23.3 Å². The van der Waals surface area contributed by atoms with E-state index < -0.39 is 29.2 Å². The van der Waals surface area contributed by atoms with Gasteiger partial charge in [-0.25, -0.2) is 9.18 Å². The first-order chi connectivity index (χ1) is 11.9. The highest BCUT2D eigenvalue weighted by atomic mass is 19.1. The molecule has 8 nitrogen and oxygen atoms in total. The minimum Gasteiger partial charge on any atom is -0.484 e. The van der Waals surface area contributed by atoms with Gasteiger partial charge in [0.2, 0.25) is 0 Å². The summed E-state index contributed by atoms with van der Waals surface area (Å²) in [5.74, 6) is -1.86. The number of hydrogen-bond acceptors (Lipinski definition) is 6. The van der Waals surface area contributed by atoms with E-state index in [-0.39, 0.29) is 22.7 Å². The maximum absolute atomic E-state index is 13.6. The van der Waals surface area contributed by atoms with Gasteiger partial charge in [-0.1, -0.05) is 6.07 Å². The summed E-state index contributed by atoms with van der Waals surface area (Å²) in [5, 5.41) is 12.9. The zero-order valence-electron chi connectivity index (χ0n) is 13.0. The normalized spacial score (nSPS) is 10.0. The number of amides is 1. The zero-order valence-corrected chi connectivity index (χ0v) is 13.0. The highest BCUT2D eigenvalue weighted by molar-refractivity contribution is 5.92.